The highest BCUT2D eigenvalue weighted by Gasteiger charge is 2.24. The van der Waals surface area contributed by atoms with Gasteiger partial charge in [0.05, 0.1) is 53.8 Å². The van der Waals surface area contributed by atoms with Gasteiger partial charge in [0.15, 0.2) is 0 Å². The molecule has 252 valence electrons. The van der Waals surface area contributed by atoms with Gasteiger partial charge in [0.2, 0.25) is 5.88 Å². The zero-order valence-corrected chi connectivity index (χ0v) is 27.1. The summed E-state index contributed by atoms with van der Waals surface area (Å²) in [4.78, 5) is 21.2. The minimum Gasteiger partial charge on any atom is -0.473 e. The number of hydrogen-bond donors (Lipinski definition) is 0. The molecule has 0 radical (unpaired) electrons. The van der Waals surface area contributed by atoms with Gasteiger partial charge >= 0.3 is 5.97 Å². The number of imidazole rings is 1. The fraction of sp³-hybridized carbons (Fsp3) is 0.211. The molecule has 1 fully saturated rings. The van der Waals surface area contributed by atoms with Crippen LogP contribution in [0, 0.1) is 29.3 Å². The molecule has 0 unspecified atom stereocenters. The van der Waals surface area contributed by atoms with E-state index in [4.69, 9.17) is 14.2 Å². The number of methoxy groups -OCH3 is 1. The molecule has 0 aliphatic carbocycles. The van der Waals surface area contributed by atoms with Crippen LogP contribution < -0.4 is 4.74 Å². The molecule has 9 nitrogen and oxygen atoms in total. The highest BCUT2D eigenvalue weighted by molar-refractivity contribution is 5.93. The Morgan fingerprint density at radius 2 is 1.78 bits per heavy atom. The second-order valence-corrected chi connectivity index (χ2v) is 11.8. The van der Waals surface area contributed by atoms with E-state index < -0.39 is 23.4 Å². The third kappa shape index (κ3) is 6.95. The van der Waals surface area contributed by atoms with E-state index in [1.165, 1.54) is 19.2 Å². The lowest BCUT2D eigenvalue weighted by Gasteiger charge is -2.27. The van der Waals surface area contributed by atoms with Crippen molar-refractivity contribution in [2.24, 2.45) is 7.05 Å². The van der Waals surface area contributed by atoms with Crippen LogP contribution in [0.5, 0.6) is 5.88 Å². The van der Waals surface area contributed by atoms with E-state index in [1.54, 1.807) is 66.6 Å². The number of carbonyl (C=O) groups is 1. The Bertz CT molecular complexity index is 2300. The summed E-state index contributed by atoms with van der Waals surface area (Å²) in [5.41, 5.74) is 3.31. The van der Waals surface area contributed by atoms with Crippen molar-refractivity contribution in [3.63, 3.8) is 0 Å². The monoisotopic (exact) mass is 677 g/mol. The first-order chi connectivity index (χ1) is 24.2. The number of esters is 1. The van der Waals surface area contributed by atoms with E-state index in [9.17, 15) is 9.18 Å². The quantitative estimate of drug-likeness (QED) is 0.129. The van der Waals surface area contributed by atoms with Crippen molar-refractivity contribution >= 4 is 17.0 Å². The number of hydrogen-bond acceptors (Lipinski definition) is 7. The molecular weight excluding hydrogens is 647 g/mol. The largest absolute Gasteiger partial charge is 0.473 e. The van der Waals surface area contributed by atoms with Crippen LogP contribution >= 0.6 is 0 Å². The molecule has 0 saturated carbocycles. The van der Waals surface area contributed by atoms with E-state index in [-0.39, 0.29) is 47.4 Å². The van der Waals surface area contributed by atoms with E-state index in [0.29, 0.717) is 46.7 Å². The van der Waals surface area contributed by atoms with Crippen molar-refractivity contribution in [1.82, 2.24) is 24.3 Å². The lowest BCUT2D eigenvalue weighted by Crippen LogP contribution is -2.31. The lowest BCUT2D eigenvalue weighted by atomic mass is 10.0. The summed E-state index contributed by atoms with van der Waals surface area (Å²) in [6.07, 6.45) is 4.18. The molecule has 1 aliphatic rings. The Labute approximate surface area is 285 Å². The average molecular weight is 678 g/mol. The zero-order chi connectivity index (χ0) is 34.8. The molecule has 1 saturated heterocycles. The van der Waals surface area contributed by atoms with Gasteiger partial charge in [-0.25, -0.2) is 27.9 Å². The van der Waals surface area contributed by atoms with Crippen LogP contribution in [0.3, 0.4) is 0 Å². The summed E-state index contributed by atoms with van der Waals surface area (Å²) in [6, 6.07) is 16.5. The number of aromatic nitrogens is 5. The summed E-state index contributed by atoms with van der Waals surface area (Å²) in [7, 11) is 3.09. The second-order valence-electron chi connectivity index (χ2n) is 11.8. The minimum atomic E-state index is -0.682. The molecule has 6 aromatic rings. The number of pyridine rings is 1. The number of halogens is 3. The van der Waals surface area contributed by atoms with E-state index in [1.807, 2.05) is 4.57 Å². The van der Waals surface area contributed by atoms with Gasteiger partial charge in [-0.15, -0.1) is 0 Å². The summed E-state index contributed by atoms with van der Waals surface area (Å²) in [6.45, 7) is 0.960. The van der Waals surface area contributed by atoms with Gasteiger partial charge in [0.1, 0.15) is 29.9 Å². The highest BCUT2D eigenvalue weighted by atomic mass is 19.1. The Kier molecular flexibility index (Phi) is 9.06. The molecule has 3 aromatic heterocycles. The van der Waals surface area contributed by atoms with Crippen molar-refractivity contribution in [1.29, 1.82) is 0 Å². The van der Waals surface area contributed by atoms with E-state index >= 15 is 8.78 Å². The maximum absolute atomic E-state index is 15.6. The van der Waals surface area contributed by atoms with Gasteiger partial charge in [-0.05, 0) is 60.5 Å². The number of ether oxygens (including phenoxy) is 3. The predicted molar refractivity (Wildman–Crippen MR) is 178 cm³/mol. The Hall–Kier alpha value is -5.93. The molecular formula is C38H30F3N5O4. The smallest absolute Gasteiger partial charge is 0.337 e. The summed E-state index contributed by atoms with van der Waals surface area (Å²) in [5.74, 6) is 4.15. The zero-order valence-electron chi connectivity index (χ0n) is 27.1. The highest BCUT2D eigenvalue weighted by Crippen LogP contribution is 2.29. The van der Waals surface area contributed by atoms with Gasteiger partial charge in [-0.1, -0.05) is 24.0 Å². The van der Waals surface area contributed by atoms with Crippen LogP contribution in [0.4, 0.5) is 13.2 Å². The average Bonchev–Trinajstić information content (AvgIpc) is 3.67. The minimum absolute atomic E-state index is 0.00598. The molecule has 4 heterocycles. The molecule has 1 atom stereocenters. The van der Waals surface area contributed by atoms with E-state index in [2.05, 4.69) is 26.9 Å². The normalized spacial score (nSPS) is 13.8. The molecule has 7 rings (SSSR count). The fourth-order valence-electron chi connectivity index (χ4n) is 5.65. The first-order valence-corrected chi connectivity index (χ1v) is 15.8. The Balaban J connectivity index is 1.08. The van der Waals surface area contributed by atoms with Crippen molar-refractivity contribution in [3.8, 4) is 29.0 Å². The van der Waals surface area contributed by atoms with Crippen LogP contribution in [0.25, 0.3) is 22.3 Å². The number of aryl methyl sites for hydroxylation is 1. The third-order valence-corrected chi connectivity index (χ3v) is 8.40. The van der Waals surface area contributed by atoms with Crippen LogP contribution in [0.2, 0.25) is 0 Å². The summed E-state index contributed by atoms with van der Waals surface area (Å²) in [5, 5.41) is 4.06. The molecule has 0 amide bonds. The predicted octanol–water partition coefficient (Wildman–Crippen LogP) is 6.39. The molecule has 3 aromatic carbocycles. The number of benzene rings is 3. The Morgan fingerprint density at radius 1 is 0.960 bits per heavy atom. The fourth-order valence-corrected chi connectivity index (χ4v) is 5.65. The molecule has 50 heavy (non-hydrogen) atoms. The Morgan fingerprint density at radius 3 is 2.52 bits per heavy atom. The van der Waals surface area contributed by atoms with Crippen LogP contribution in [-0.2, 0) is 36.1 Å². The maximum atomic E-state index is 15.6. The van der Waals surface area contributed by atoms with Crippen molar-refractivity contribution in [2.45, 2.75) is 32.1 Å². The van der Waals surface area contributed by atoms with Crippen molar-refractivity contribution in [2.75, 3.05) is 13.7 Å². The van der Waals surface area contributed by atoms with Crippen LogP contribution in [-0.4, -0.2) is 50.1 Å². The maximum Gasteiger partial charge on any atom is 0.337 e. The number of nitrogens with zero attached hydrogens (tertiary/aromatic N) is 5. The lowest BCUT2D eigenvalue weighted by molar-refractivity contribution is -0.0589. The SMILES string of the molecule is COC(=O)c1ccc2nc(Cc3cc(F)c(-c4cccc(OCc5ccc(C#Cc6cnn(C)c6)cc5F)n4)cc3F)n(C[C@@H]3CCO3)c2c1. The summed E-state index contributed by atoms with van der Waals surface area (Å²) >= 11 is 0. The first-order valence-electron chi connectivity index (χ1n) is 15.8. The third-order valence-electron chi connectivity index (χ3n) is 8.40. The van der Waals surface area contributed by atoms with Gasteiger partial charge in [-0.2, -0.15) is 5.10 Å². The number of fused-ring (bicyclic) bond motifs is 1. The van der Waals surface area contributed by atoms with E-state index in [0.717, 1.165) is 18.6 Å². The van der Waals surface area contributed by atoms with Crippen molar-refractivity contribution < 1.29 is 32.2 Å². The van der Waals surface area contributed by atoms with Crippen molar-refractivity contribution in [3.05, 3.63) is 130 Å². The van der Waals surface area contributed by atoms with Gasteiger partial charge in [-0.3, -0.25) is 4.68 Å². The molecule has 0 N–H and O–H groups in total. The standard InChI is InChI=1S/C38H30F3N5O4/c1-45-20-24(19-42-45)7-6-23-8-9-26(30(39)14-23)22-50-37-5-3-4-33(44-37)29-18-31(40)27(15-32(29)41)17-36-43-34-11-10-25(38(47)48-2)16-35(34)46(36)21-28-12-13-49-28/h3-5,8-11,14-16,18-20,28H,12-13,17,21-22H2,1-2H3/t28-/m0/s1. The molecule has 1 aliphatic heterocycles. The molecule has 12 heteroatoms. The number of rotatable bonds is 9. The molecule has 0 bridgehead atoms. The first kappa shape index (κ1) is 32.6. The van der Waals surface area contributed by atoms with Gasteiger partial charge < -0.3 is 18.8 Å². The number of carbonyl (C=O) groups excluding carboxylic acids is 1. The van der Waals surface area contributed by atoms with Crippen LogP contribution in [0.15, 0.2) is 79.1 Å². The second kappa shape index (κ2) is 13.9. The topological polar surface area (TPSA) is 93.3 Å². The van der Waals surface area contributed by atoms with Crippen LogP contribution in [0.1, 0.15) is 44.9 Å². The van der Waals surface area contributed by atoms with Gasteiger partial charge in [0.25, 0.3) is 0 Å². The molecule has 0 spiro atoms. The summed E-state index contributed by atoms with van der Waals surface area (Å²) < 4.78 is 65.8. The van der Waals surface area contributed by atoms with Gasteiger partial charge in [0, 0.05) is 49.0 Å².